The normalized spacial score (nSPS) is 18.5. The zero-order chi connectivity index (χ0) is 20.2. The molecule has 0 aliphatic carbocycles. The Labute approximate surface area is 132 Å². The van der Waals surface area contributed by atoms with E-state index >= 15 is 0 Å². The van der Waals surface area contributed by atoms with E-state index in [4.69, 9.17) is 0 Å². The lowest BCUT2D eigenvalue weighted by Crippen LogP contribution is -2.66. The van der Waals surface area contributed by atoms with Crippen LogP contribution in [0.2, 0.25) is 0 Å². The van der Waals surface area contributed by atoms with Gasteiger partial charge in [0.25, 0.3) is 5.85 Å². The first-order valence-corrected chi connectivity index (χ1v) is 6.55. The van der Waals surface area contributed by atoms with Gasteiger partial charge in [-0.25, -0.2) is 4.39 Å². The molecule has 0 rings (SSSR count). The van der Waals surface area contributed by atoms with Crippen molar-refractivity contribution < 1.29 is 48.6 Å². The van der Waals surface area contributed by atoms with E-state index in [0.717, 1.165) is 0 Å². The molecule has 0 spiro atoms. The summed E-state index contributed by atoms with van der Waals surface area (Å²) in [5.41, 5.74) is -5.01. The first-order chi connectivity index (χ1) is 9.96. The second kappa shape index (κ2) is 5.63. The van der Waals surface area contributed by atoms with E-state index in [9.17, 15) is 43.9 Å². The molecule has 146 valence electrons. The van der Waals surface area contributed by atoms with Crippen LogP contribution in [0.5, 0.6) is 0 Å². The number of ether oxygens (including phenoxy) is 1. The number of hydrogen-bond donors (Lipinski definition) is 0. The molecule has 0 bridgehead atoms. The van der Waals surface area contributed by atoms with E-state index in [1.54, 1.807) is 0 Å². The van der Waals surface area contributed by atoms with Crippen LogP contribution in [0.15, 0.2) is 0 Å². The van der Waals surface area contributed by atoms with Gasteiger partial charge in [0.05, 0.1) is 0 Å². The lowest BCUT2D eigenvalue weighted by molar-refractivity contribution is -0.491. The van der Waals surface area contributed by atoms with Crippen LogP contribution in [0.3, 0.4) is 0 Å². The van der Waals surface area contributed by atoms with E-state index in [0.29, 0.717) is 41.5 Å². The summed E-state index contributed by atoms with van der Waals surface area (Å²) in [7, 11) is 0. The average Bonchev–Trinajstić information content (AvgIpc) is 2.22. The quantitative estimate of drug-likeness (QED) is 0.529. The maximum absolute atomic E-state index is 14.8. The third-order valence-electron chi connectivity index (χ3n) is 3.30. The molecule has 0 aromatic heterocycles. The number of alkyl halides is 10. The van der Waals surface area contributed by atoms with Crippen molar-refractivity contribution in [1.82, 2.24) is 0 Å². The SMILES string of the molecule is CC(C)(C)C(F)(F)C(F)(OC(F)(F)C(F)(F)C(F)(F)F)C(C)(C)C. The van der Waals surface area contributed by atoms with Gasteiger partial charge in [-0.2, -0.15) is 39.5 Å². The molecule has 0 radical (unpaired) electrons. The van der Waals surface area contributed by atoms with Crippen molar-refractivity contribution in [3.8, 4) is 0 Å². The fourth-order valence-electron chi connectivity index (χ4n) is 1.58. The van der Waals surface area contributed by atoms with Crippen LogP contribution in [0.1, 0.15) is 41.5 Å². The van der Waals surface area contributed by atoms with Crippen LogP contribution < -0.4 is 0 Å². The third-order valence-corrected chi connectivity index (χ3v) is 3.30. The predicted octanol–water partition coefficient (Wildman–Crippen LogP) is 6.19. The van der Waals surface area contributed by atoms with Crippen LogP contribution in [0.4, 0.5) is 43.9 Å². The minimum absolute atomic E-state index is 0.606. The highest BCUT2D eigenvalue weighted by Crippen LogP contribution is 2.58. The number of hydrogen-bond acceptors (Lipinski definition) is 1. The van der Waals surface area contributed by atoms with Gasteiger partial charge in [0.15, 0.2) is 0 Å². The third kappa shape index (κ3) is 3.45. The number of halogens is 10. The first kappa shape index (κ1) is 23.3. The molecular weight excluding hydrogens is 362 g/mol. The minimum Gasteiger partial charge on any atom is -0.271 e. The predicted molar refractivity (Wildman–Crippen MR) is 64.7 cm³/mol. The Balaban J connectivity index is 6.31. The van der Waals surface area contributed by atoms with Gasteiger partial charge in [0.1, 0.15) is 0 Å². The van der Waals surface area contributed by atoms with Crippen molar-refractivity contribution in [3.05, 3.63) is 0 Å². The molecule has 24 heavy (non-hydrogen) atoms. The highest BCUT2D eigenvalue weighted by Gasteiger charge is 2.80. The summed E-state index contributed by atoms with van der Waals surface area (Å²) in [6.07, 6.45) is -13.4. The minimum atomic E-state index is -6.88. The van der Waals surface area contributed by atoms with Crippen molar-refractivity contribution in [1.29, 1.82) is 0 Å². The standard InChI is InChI=1S/C13H18F10O/c1-7(2,3)9(14,15)11(18,8(4,5)6)24-13(22,23)10(16,17)12(19,20)21/h1-6H3. The molecule has 0 aliphatic heterocycles. The molecule has 0 aromatic rings. The van der Waals surface area contributed by atoms with Crippen LogP contribution in [-0.4, -0.2) is 30.0 Å². The largest absolute Gasteiger partial charge is 0.462 e. The fraction of sp³-hybridized carbons (Fsp3) is 1.00. The highest BCUT2D eigenvalue weighted by atomic mass is 19.4. The zero-order valence-electron chi connectivity index (χ0n) is 13.7. The van der Waals surface area contributed by atoms with Gasteiger partial charge in [-0.3, -0.25) is 4.74 Å². The highest BCUT2D eigenvalue weighted by molar-refractivity contribution is 5.03. The molecule has 0 fully saturated rings. The maximum Gasteiger partial charge on any atom is 0.462 e. The lowest BCUT2D eigenvalue weighted by atomic mass is 9.73. The topological polar surface area (TPSA) is 9.23 Å². The van der Waals surface area contributed by atoms with Crippen molar-refractivity contribution in [2.45, 2.75) is 71.5 Å². The molecule has 0 amide bonds. The molecule has 1 unspecified atom stereocenters. The summed E-state index contributed by atoms with van der Waals surface area (Å²) < 4.78 is 135. The molecule has 11 heteroatoms. The summed E-state index contributed by atoms with van der Waals surface area (Å²) in [6.45, 7) is 3.89. The van der Waals surface area contributed by atoms with Crippen LogP contribution in [-0.2, 0) is 4.74 Å². The van der Waals surface area contributed by atoms with Gasteiger partial charge >= 0.3 is 24.1 Å². The molecule has 0 N–H and O–H groups in total. The molecule has 1 nitrogen and oxygen atoms in total. The molecule has 0 saturated heterocycles. The van der Waals surface area contributed by atoms with Crippen LogP contribution >= 0.6 is 0 Å². The summed E-state index contributed by atoms with van der Waals surface area (Å²) >= 11 is 0. The van der Waals surface area contributed by atoms with Crippen LogP contribution in [0.25, 0.3) is 0 Å². The molecule has 0 aromatic carbocycles. The Morgan fingerprint density at radius 1 is 0.500 bits per heavy atom. The summed E-state index contributed by atoms with van der Waals surface area (Å²) in [5, 5.41) is 0. The summed E-state index contributed by atoms with van der Waals surface area (Å²) in [4.78, 5) is 0. The molecule has 0 saturated carbocycles. The number of rotatable bonds is 4. The first-order valence-electron chi connectivity index (χ1n) is 6.55. The Morgan fingerprint density at radius 2 is 0.833 bits per heavy atom. The fourth-order valence-corrected chi connectivity index (χ4v) is 1.58. The van der Waals surface area contributed by atoms with Crippen molar-refractivity contribution >= 4 is 0 Å². The van der Waals surface area contributed by atoms with Gasteiger partial charge in [-0.1, -0.05) is 41.5 Å². The van der Waals surface area contributed by atoms with Gasteiger partial charge < -0.3 is 0 Å². The average molecular weight is 380 g/mol. The summed E-state index contributed by atoms with van der Waals surface area (Å²) in [6, 6.07) is 0. The van der Waals surface area contributed by atoms with Gasteiger partial charge in [0.2, 0.25) is 0 Å². The van der Waals surface area contributed by atoms with Crippen molar-refractivity contribution in [2.75, 3.05) is 0 Å². The van der Waals surface area contributed by atoms with E-state index in [2.05, 4.69) is 4.74 Å². The molecular formula is C13H18F10O. The van der Waals surface area contributed by atoms with E-state index in [1.807, 2.05) is 0 Å². The van der Waals surface area contributed by atoms with Crippen LogP contribution in [0, 0.1) is 10.8 Å². The maximum atomic E-state index is 14.8. The Hall–Kier alpha value is -0.740. The zero-order valence-corrected chi connectivity index (χ0v) is 13.7. The van der Waals surface area contributed by atoms with Crippen molar-refractivity contribution in [2.24, 2.45) is 10.8 Å². The molecule has 0 aliphatic rings. The lowest BCUT2D eigenvalue weighted by Gasteiger charge is -2.48. The van der Waals surface area contributed by atoms with E-state index < -0.39 is 40.8 Å². The molecule has 1 atom stereocenters. The molecule has 0 heterocycles. The second-order valence-electron chi connectivity index (χ2n) is 7.36. The van der Waals surface area contributed by atoms with Gasteiger partial charge in [-0.15, -0.1) is 0 Å². The van der Waals surface area contributed by atoms with Crippen molar-refractivity contribution in [3.63, 3.8) is 0 Å². The van der Waals surface area contributed by atoms with E-state index in [-0.39, 0.29) is 0 Å². The summed E-state index contributed by atoms with van der Waals surface area (Å²) in [5.74, 6) is -16.6. The Bertz CT molecular complexity index is 455. The van der Waals surface area contributed by atoms with Gasteiger partial charge in [-0.05, 0) is 0 Å². The van der Waals surface area contributed by atoms with E-state index in [1.165, 1.54) is 0 Å². The smallest absolute Gasteiger partial charge is 0.271 e. The second-order valence-corrected chi connectivity index (χ2v) is 7.36. The monoisotopic (exact) mass is 380 g/mol. The Kier molecular flexibility index (Phi) is 5.46. The van der Waals surface area contributed by atoms with Gasteiger partial charge in [0, 0.05) is 10.8 Å². The Morgan fingerprint density at radius 3 is 1.04 bits per heavy atom.